The van der Waals surface area contributed by atoms with Gasteiger partial charge in [-0.1, -0.05) is 0 Å². The highest BCUT2D eigenvalue weighted by atomic mass is 79.9. The van der Waals surface area contributed by atoms with Gasteiger partial charge in [0.1, 0.15) is 18.2 Å². The summed E-state index contributed by atoms with van der Waals surface area (Å²) in [4.78, 5) is 0. The van der Waals surface area contributed by atoms with Gasteiger partial charge in [0, 0.05) is 6.07 Å². The smallest absolute Gasteiger partial charge is 0.141 e. The zero-order valence-corrected chi connectivity index (χ0v) is 11.3. The van der Waals surface area contributed by atoms with Gasteiger partial charge in [-0.15, -0.1) is 0 Å². The van der Waals surface area contributed by atoms with Gasteiger partial charge in [-0.3, -0.25) is 0 Å². The number of hydrogen-bond donors (Lipinski definition) is 0. The van der Waals surface area contributed by atoms with E-state index >= 15 is 0 Å². The Kier molecular flexibility index (Phi) is 4.74. The van der Waals surface area contributed by atoms with Crippen molar-refractivity contribution >= 4 is 15.9 Å². The first kappa shape index (κ1) is 13.5. The summed E-state index contributed by atoms with van der Waals surface area (Å²) in [5.41, 5.74) is -0.172. The van der Waals surface area contributed by atoms with Crippen molar-refractivity contribution < 1.29 is 13.9 Å². The molecule has 90 valence electrons. The number of halogens is 2. The molecule has 0 N–H and O–H groups in total. The van der Waals surface area contributed by atoms with Gasteiger partial charge in [0.25, 0.3) is 0 Å². The lowest BCUT2D eigenvalue weighted by molar-refractivity contribution is -0.0163. The van der Waals surface area contributed by atoms with Crippen LogP contribution in [0.5, 0.6) is 5.75 Å². The second kappa shape index (κ2) is 5.64. The standard InChI is InChI=1S/C12H16BrFO2/c1-12(2,3)16-7-6-15-9-4-5-10(13)11(14)8-9/h4-5,8H,6-7H2,1-3H3. The molecule has 0 spiro atoms. The molecular formula is C12H16BrFO2. The van der Waals surface area contributed by atoms with Crippen LogP contribution in [-0.2, 0) is 4.74 Å². The lowest BCUT2D eigenvalue weighted by Crippen LogP contribution is -2.22. The zero-order valence-electron chi connectivity index (χ0n) is 9.72. The Morgan fingerprint density at radius 3 is 2.50 bits per heavy atom. The molecule has 16 heavy (non-hydrogen) atoms. The lowest BCUT2D eigenvalue weighted by Gasteiger charge is -2.19. The molecule has 0 aliphatic heterocycles. The first-order valence-electron chi connectivity index (χ1n) is 5.10. The first-order valence-corrected chi connectivity index (χ1v) is 5.89. The van der Waals surface area contributed by atoms with E-state index in [1.807, 2.05) is 20.8 Å². The van der Waals surface area contributed by atoms with Crippen molar-refractivity contribution in [3.05, 3.63) is 28.5 Å². The average Bonchev–Trinajstić information content (AvgIpc) is 2.17. The minimum atomic E-state index is -0.325. The molecule has 0 heterocycles. The van der Waals surface area contributed by atoms with Crippen molar-refractivity contribution in [2.75, 3.05) is 13.2 Å². The molecule has 1 rings (SSSR count). The third-order valence-electron chi connectivity index (χ3n) is 1.78. The molecule has 4 heteroatoms. The predicted octanol–water partition coefficient (Wildman–Crippen LogP) is 3.78. The molecule has 0 aromatic heterocycles. The van der Waals surface area contributed by atoms with Crippen LogP contribution in [0.4, 0.5) is 4.39 Å². The molecule has 1 aromatic carbocycles. The summed E-state index contributed by atoms with van der Waals surface area (Å²) in [7, 11) is 0. The van der Waals surface area contributed by atoms with Crippen molar-refractivity contribution in [3.63, 3.8) is 0 Å². The van der Waals surface area contributed by atoms with Crippen LogP contribution in [0, 0.1) is 5.82 Å². The molecule has 0 amide bonds. The second-order valence-electron chi connectivity index (χ2n) is 4.39. The fourth-order valence-electron chi connectivity index (χ4n) is 1.07. The summed E-state index contributed by atoms with van der Waals surface area (Å²) in [5.74, 6) is 0.187. The van der Waals surface area contributed by atoms with Gasteiger partial charge >= 0.3 is 0 Å². The second-order valence-corrected chi connectivity index (χ2v) is 5.24. The Hall–Kier alpha value is -0.610. The van der Waals surface area contributed by atoms with E-state index < -0.39 is 0 Å². The fourth-order valence-corrected chi connectivity index (χ4v) is 1.32. The van der Waals surface area contributed by atoms with E-state index in [1.54, 1.807) is 12.1 Å². The normalized spacial score (nSPS) is 11.6. The average molecular weight is 291 g/mol. The maximum atomic E-state index is 13.1. The molecule has 0 aliphatic carbocycles. The van der Waals surface area contributed by atoms with Crippen LogP contribution in [0.1, 0.15) is 20.8 Å². The van der Waals surface area contributed by atoms with Crippen LogP contribution < -0.4 is 4.74 Å². The Morgan fingerprint density at radius 2 is 1.94 bits per heavy atom. The maximum Gasteiger partial charge on any atom is 0.141 e. The third kappa shape index (κ3) is 4.94. The van der Waals surface area contributed by atoms with Crippen molar-refractivity contribution in [1.82, 2.24) is 0 Å². The summed E-state index contributed by atoms with van der Waals surface area (Å²) >= 11 is 3.08. The zero-order chi connectivity index (χ0) is 12.2. The number of ether oxygens (including phenoxy) is 2. The molecule has 0 fully saturated rings. The molecule has 0 radical (unpaired) electrons. The molecule has 0 atom stereocenters. The molecule has 0 saturated heterocycles. The highest BCUT2D eigenvalue weighted by Crippen LogP contribution is 2.20. The van der Waals surface area contributed by atoms with E-state index in [1.165, 1.54) is 6.07 Å². The molecular weight excluding hydrogens is 275 g/mol. The van der Waals surface area contributed by atoms with Gasteiger partial charge in [-0.25, -0.2) is 4.39 Å². The molecule has 0 bridgehead atoms. The maximum absolute atomic E-state index is 13.1. The van der Waals surface area contributed by atoms with Gasteiger partial charge < -0.3 is 9.47 Å². The molecule has 0 aliphatic rings. The van der Waals surface area contributed by atoms with Crippen LogP contribution in [0.25, 0.3) is 0 Å². The quantitative estimate of drug-likeness (QED) is 0.786. The van der Waals surface area contributed by atoms with Gasteiger partial charge in [-0.05, 0) is 48.8 Å². The number of benzene rings is 1. The predicted molar refractivity (Wildman–Crippen MR) is 65.3 cm³/mol. The lowest BCUT2D eigenvalue weighted by atomic mass is 10.2. The number of rotatable bonds is 4. The van der Waals surface area contributed by atoms with Gasteiger partial charge in [0.2, 0.25) is 0 Å². The molecule has 1 aromatic rings. The molecule has 0 saturated carbocycles. The van der Waals surface area contributed by atoms with E-state index in [0.717, 1.165) is 0 Å². The van der Waals surface area contributed by atoms with Gasteiger partial charge in [0.05, 0.1) is 16.7 Å². The van der Waals surface area contributed by atoms with Crippen LogP contribution in [0.2, 0.25) is 0 Å². The van der Waals surface area contributed by atoms with Crippen LogP contribution in [-0.4, -0.2) is 18.8 Å². The molecule has 0 unspecified atom stereocenters. The summed E-state index contributed by atoms with van der Waals surface area (Å²) in [6.07, 6.45) is 0. The fraction of sp³-hybridized carbons (Fsp3) is 0.500. The summed E-state index contributed by atoms with van der Waals surface area (Å²) in [6, 6.07) is 4.68. The summed E-state index contributed by atoms with van der Waals surface area (Å²) in [6.45, 7) is 6.84. The number of hydrogen-bond acceptors (Lipinski definition) is 2. The van der Waals surface area contributed by atoms with E-state index in [0.29, 0.717) is 23.4 Å². The minimum Gasteiger partial charge on any atom is -0.491 e. The third-order valence-corrected chi connectivity index (χ3v) is 2.42. The Morgan fingerprint density at radius 1 is 1.25 bits per heavy atom. The van der Waals surface area contributed by atoms with Crippen molar-refractivity contribution in [1.29, 1.82) is 0 Å². The van der Waals surface area contributed by atoms with E-state index in [-0.39, 0.29) is 11.4 Å². The van der Waals surface area contributed by atoms with Crippen LogP contribution in [0.15, 0.2) is 22.7 Å². The van der Waals surface area contributed by atoms with Gasteiger partial charge in [0.15, 0.2) is 0 Å². The Bertz CT molecular complexity index is 347. The first-order chi connectivity index (χ1) is 7.38. The Labute approximate surface area is 104 Å². The van der Waals surface area contributed by atoms with Crippen molar-refractivity contribution in [2.24, 2.45) is 0 Å². The Balaban J connectivity index is 2.35. The van der Waals surface area contributed by atoms with E-state index in [9.17, 15) is 4.39 Å². The largest absolute Gasteiger partial charge is 0.491 e. The van der Waals surface area contributed by atoms with E-state index in [4.69, 9.17) is 9.47 Å². The summed E-state index contributed by atoms with van der Waals surface area (Å²) < 4.78 is 24.4. The van der Waals surface area contributed by atoms with E-state index in [2.05, 4.69) is 15.9 Å². The van der Waals surface area contributed by atoms with Crippen LogP contribution >= 0.6 is 15.9 Å². The van der Waals surface area contributed by atoms with Crippen LogP contribution in [0.3, 0.4) is 0 Å². The van der Waals surface area contributed by atoms with Crippen molar-refractivity contribution in [2.45, 2.75) is 26.4 Å². The topological polar surface area (TPSA) is 18.5 Å². The monoisotopic (exact) mass is 290 g/mol. The summed E-state index contributed by atoms with van der Waals surface area (Å²) in [5, 5.41) is 0. The van der Waals surface area contributed by atoms with Gasteiger partial charge in [-0.2, -0.15) is 0 Å². The molecule has 2 nitrogen and oxygen atoms in total. The minimum absolute atomic E-state index is 0.172. The highest BCUT2D eigenvalue weighted by Gasteiger charge is 2.09. The highest BCUT2D eigenvalue weighted by molar-refractivity contribution is 9.10. The van der Waals surface area contributed by atoms with Crippen molar-refractivity contribution in [3.8, 4) is 5.75 Å². The SMILES string of the molecule is CC(C)(C)OCCOc1ccc(Br)c(F)c1.